The molecule has 1 saturated heterocycles. The average molecular weight is 252 g/mol. The molecule has 0 amide bonds. The van der Waals surface area contributed by atoms with Gasteiger partial charge in [-0.2, -0.15) is 0 Å². The van der Waals surface area contributed by atoms with Gasteiger partial charge in [-0.15, -0.1) is 0 Å². The van der Waals surface area contributed by atoms with Gasteiger partial charge >= 0.3 is 0 Å². The van der Waals surface area contributed by atoms with Crippen molar-refractivity contribution in [3.8, 4) is 0 Å². The summed E-state index contributed by atoms with van der Waals surface area (Å²) in [6, 6.07) is 1.79. The lowest BCUT2D eigenvalue weighted by atomic mass is 9.85. The zero-order valence-electron chi connectivity index (χ0n) is 12.6. The van der Waals surface area contributed by atoms with E-state index in [1.807, 2.05) is 0 Å². The quantitative estimate of drug-likeness (QED) is 0.762. The van der Waals surface area contributed by atoms with Crippen LogP contribution in [0, 0.1) is 5.41 Å². The molecule has 2 nitrogen and oxygen atoms in total. The van der Waals surface area contributed by atoms with E-state index in [4.69, 9.17) is 5.73 Å². The second-order valence-corrected chi connectivity index (χ2v) is 7.41. The minimum atomic E-state index is 0.335. The first-order chi connectivity index (χ1) is 8.49. The van der Waals surface area contributed by atoms with E-state index in [9.17, 15) is 0 Å². The summed E-state index contributed by atoms with van der Waals surface area (Å²) in [5.41, 5.74) is 6.78. The highest BCUT2D eigenvalue weighted by Gasteiger charge is 2.33. The minimum Gasteiger partial charge on any atom is -0.327 e. The maximum Gasteiger partial charge on any atom is 0.0247 e. The summed E-state index contributed by atoms with van der Waals surface area (Å²) in [6.45, 7) is 8.37. The Morgan fingerprint density at radius 3 is 2.56 bits per heavy atom. The fourth-order valence-corrected chi connectivity index (χ4v) is 3.97. The lowest BCUT2D eigenvalue weighted by Crippen LogP contribution is -2.53. The van der Waals surface area contributed by atoms with Crippen LogP contribution in [0.4, 0.5) is 0 Å². The number of piperidine rings is 1. The largest absolute Gasteiger partial charge is 0.327 e. The van der Waals surface area contributed by atoms with Gasteiger partial charge in [-0.1, -0.05) is 26.7 Å². The highest BCUT2D eigenvalue weighted by atomic mass is 15.2. The minimum absolute atomic E-state index is 0.335. The molecule has 1 saturated carbocycles. The fraction of sp³-hybridized carbons (Fsp3) is 1.00. The molecule has 2 rings (SSSR count). The standard InChI is InChI=1S/C16H32N2/c1-13(17)15-8-4-5-12-18(15)14-7-6-10-16(2,3)11-9-14/h13-15H,4-12,17H2,1-3H3. The molecule has 2 heteroatoms. The summed E-state index contributed by atoms with van der Waals surface area (Å²) in [6.07, 6.45) is 11.0. The molecule has 3 unspecified atom stereocenters. The summed E-state index contributed by atoms with van der Waals surface area (Å²) in [5.74, 6) is 0. The molecule has 0 aromatic rings. The molecule has 1 aliphatic carbocycles. The van der Waals surface area contributed by atoms with Gasteiger partial charge in [-0.05, 0) is 57.4 Å². The number of nitrogens with zero attached hydrogens (tertiary/aromatic N) is 1. The predicted molar refractivity (Wildman–Crippen MR) is 78.6 cm³/mol. The van der Waals surface area contributed by atoms with Gasteiger partial charge in [-0.25, -0.2) is 0 Å². The number of hydrogen-bond acceptors (Lipinski definition) is 2. The summed E-state index contributed by atoms with van der Waals surface area (Å²) in [5, 5.41) is 0. The van der Waals surface area contributed by atoms with E-state index in [1.54, 1.807) is 0 Å². The summed E-state index contributed by atoms with van der Waals surface area (Å²) in [4.78, 5) is 2.77. The van der Waals surface area contributed by atoms with E-state index in [1.165, 1.54) is 57.9 Å². The fourth-order valence-electron chi connectivity index (χ4n) is 3.97. The van der Waals surface area contributed by atoms with E-state index >= 15 is 0 Å². The molecule has 2 N–H and O–H groups in total. The molecule has 3 atom stereocenters. The molecule has 0 aromatic carbocycles. The van der Waals surface area contributed by atoms with Crippen molar-refractivity contribution in [3.63, 3.8) is 0 Å². The summed E-state index contributed by atoms with van der Waals surface area (Å²) in [7, 11) is 0. The maximum atomic E-state index is 6.21. The first-order valence-corrected chi connectivity index (χ1v) is 8.01. The maximum absolute atomic E-state index is 6.21. The second-order valence-electron chi connectivity index (χ2n) is 7.41. The van der Waals surface area contributed by atoms with Gasteiger partial charge in [0.2, 0.25) is 0 Å². The molecular weight excluding hydrogens is 220 g/mol. The van der Waals surface area contributed by atoms with Crippen LogP contribution < -0.4 is 5.73 Å². The van der Waals surface area contributed by atoms with Gasteiger partial charge in [0.05, 0.1) is 0 Å². The van der Waals surface area contributed by atoms with E-state index in [2.05, 4.69) is 25.7 Å². The zero-order chi connectivity index (χ0) is 13.2. The Hall–Kier alpha value is -0.0800. The number of nitrogens with two attached hydrogens (primary N) is 1. The molecule has 2 fully saturated rings. The van der Waals surface area contributed by atoms with E-state index in [0.717, 1.165) is 6.04 Å². The Morgan fingerprint density at radius 2 is 1.83 bits per heavy atom. The van der Waals surface area contributed by atoms with Gasteiger partial charge in [0.1, 0.15) is 0 Å². The molecule has 0 radical (unpaired) electrons. The van der Waals surface area contributed by atoms with Crippen LogP contribution in [0.5, 0.6) is 0 Å². The van der Waals surface area contributed by atoms with E-state index in [-0.39, 0.29) is 0 Å². The van der Waals surface area contributed by atoms with Gasteiger partial charge in [0.15, 0.2) is 0 Å². The van der Waals surface area contributed by atoms with Crippen molar-refractivity contribution < 1.29 is 0 Å². The lowest BCUT2D eigenvalue weighted by molar-refractivity contribution is 0.0714. The Labute approximate surface area is 113 Å². The third-order valence-electron chi connectivity index (χ3n) is 5.21. The number of likely N-dealkylation sites (tertiary alicyclic amines) is 1. The third kappa shape index (κ3) is 3.48. The van der Waals surface area contributed by atoms with Gasteiger partial charge < -0.3 is 5.73 Å². The van der Waals surface area contributed by atoms with Crippen LogP contribution in [0.3, 0.4) is 0 Å². The molecule has 1 heterocycles. The summed E-state index contributed by atoms with van der Waals surface area (Å²) >= 11 is 0. The predicted octanol–water partition coefficient (Wildman–Crippen LogP) is 3.55. The van der Waals surface area contributed by atoms with Crippen LogP contribution in [0.25, 0.3) is 0 Å². The van der Waals surface area contributed by atoms with Crippen LogP contribution in [-0.2, 0) is 0 Å². The van der Waals surface area contributed by atoms with Crippen molar-refractivity contribution in [3.05, 3.63) is 0 Å². The van der Waals surface area contributed by atoms with Crippen LogP contribution >= 0.6 is 0 Å². The first kappa shape index (κ1) is 14.3. The number of rotatable bonds is 2. The van der Waals surface area contributed by atoms with Gasteiger partial charge in [-0.3, -0.25) is 4.90 Å². The van der Waals surface area contributed by atoms with E-state index < -0.39 is 0 Å². The Morgan fingerprint density at radius 1 is 1.06 bits per heavy atom. The smallest absolute Gasteiger partial charge is 0.0247 e. The molecule has 106 valence electrons. The molecule has 18 heavy (non-hydrogen) atoms. The lowest BCUT2D eigenvalue weighted by Gasteiger charge is -2.43. The molecule has 0 aromatic heterocycles. The van der Waals surface area contributed by atoms with Crippen LogP contribution in [-0.4, -0.2) is 29.6 Å². The Kier molecular flexibility index (Phi) is 4.71. The Bertz CT molecular complexity index is 260. The molecule has 1 aliphatic heterocycles. The number of hydrogen-bond donors (Lipinski definition) is 1. The molecule has 2 aliphatic rings. The van der Waals surface area contributed by atoms with Crippen LogP contribution in [0.2, 0.25) is 0 Å². The van der Waals surface area contributed by atoms with Crippen LogP contribution in [0.1, 0.15) is 72.1 Å². The van der Waals surface area contributed by atoms with Gasteiger partial charge in [0.25, 0.3) is 0 Å². The van der Waals surface area contributed by atoms with Crippen molar-refractivity contribution in [2.75, 3.05) is 6.54 Å². The highest BCUT2D eigenvalue weighted by Crippen LogP contribution is 2.37. The van der Waals surface area contributed by atoms with Crippen molar-refractivity contribution in [1.29, 1.82) is 0 Å². The van der Waals surface area contributed by atoms with Crippen molar-refractivity contribution in [2.45, 2.75) is 90.3 Å². The topological polar surface area (TPSA) is 29.3 Å². The second kappa shape index (κ2) is 5.92. The normalized spacial score (nSPS) is 36.0. The highest BCUT2D eigenvalue weighted by molar-refractivity contribution is 4.89. The average Bonchev–Trinajstić information content (AvgIpc) is 2.50. The zero-order valence-corrected chi connectivity index (χ0v) is 12.6. The third-order valence-corrected chi connectivity index (χ3v) is 5.21. The van der Waals surface area contributed by atoms with E-state index in [0.29, 0.717) is 17.5 Å². The monoisotopic (exact) mass is 252 g/mol. The Balaban J connectivity index is 2.00. The molecule has 0 bridgehead atoms. The van der Waals surface area contributed by atoms with Crippen molar-refractivity contribution in [1.82, 2.24) is 4.90 Å². The van der Waals surface area contributed by atoms with Crippen molar-refractivity contribution in [2.24, 2.45) is 11.1 Å². The van der Waals surface area contributed by atoms with Gasteiger partial charge in [0, 0.05) is 18.1 Å². The first-order valence-electron chi connectivity index (χ1n) is 8.01. The van der Waals surface area contributed by atoms with Crippen LogP contribution in [0.15, 0.2) is 0 Å². The van der Waals surface area contributed by atoms with Crippen molar-refractivity contribution >= 4 is 0 Å². The summed E-state index contributed by atoms with van der Waals surface area (Å²) < 4.78 is 0. The molecular formula is C16H32N2. The SMILES string of the molecule is CC(N)C1CCCCN1C1CCCC(C)(C)CC1. The molecule has 0 spiro atoms.